The first-order valence-electron chi connectivity index (χ1n) is 7.32. The van der Waals surface area contributed by atoms with Gasteiger partial charge in [-0.15, -0.1) is 12.4 Å². The highest BCUT2D eigenvalue weighted by Crippen LogP contribution is 2.56. The summed E-state index contributed by atoms with van der Waals surface area (Å²) in [6.45, 7) is 4.21. The highest BCUT2D eigenvalue weighted by Gasteiger charge is 2.55. The maximum atomic E-state index is 13.4. The number of benzene rings is 1. The van der Waals surface area contributed by atoms with E-state index >= 15 is 0 Å². The Hall–Kier alpha value is -0.640. The molecule has 3 rings (SSSR count). The lowest BCUT2D eigenvalue weighted by atomic mass is 9.60. The van der Waals surface area contributed by atoms with Crippen LogP contribution in [0.1, 0.15) is 56.6 Å². The van der Waals surface area contributed by atoms with Gasteiger partial charge in [0.15, 0.2) is 0 Å². The zero-order valence-corrected chi connectivity index (χ0v) is 12.8. The lowest BCUT2D eigenvalue weighted by molar-refractivity contribution is -0.0559. The molecule has 1 aromatic rings. The Morgan fingerprint density at radius 3 is 2.70 bits per heavy atom. The molecule has 1 aromatic carbocycles. The summed E-state index contributed by atoms with van der Waals surface area (Å²) >= 11 is 0. The highest BCUT2D eigenvalue weighted by atomic mass is 35.5. The molecule has 2 aliphatic rings. The molecule has 0 heterocycles. The van der Waals surface area contributed by atoms with Crippen molar-refractivity contribution in [2.45, 2.75) is 63.1 Å². The average molecular weight is 300 g/mol. The molecule has 1 saturated carbocycles. The van der Waals surface area contributed by atoms with E-state index < -0.39 is 5.60 Å². The van der Waals surface area contributed by atoms with Crippen molar-refractivity contribution in [2.24, 2.45) is 0 Å². The van der Waals surface area contributed by atoms with Gasteiger partial charge < -0.3 is 10.4 Å². The van der Waals surface area contributed by atoms with Crippen LogP contribution in [-0.2, 0) is 5.60 Å². The minimum atomic E-state index is -0.802. The fourth-order valence-corrected chi connectivity index (χ4v) is 3.87. The van der Waals surface area contributed by atoms with Crippen molar-refractivity contribution in [1.29, 1.82) is 0 Å². The van der Waals surface area contributed by atoms with E-state index in [2.05, 4.69) is 19.2 Å². The van der Waals surface area contributed by atoms with Crippen molar-refractivity contribution in [2.75, 3.05) is 0 Å². The summed E-state index contributed by atoms with van der Waals surface area (Å²) in [6.07, 6.45) is 4.18. The van der Waals surface area contributed by atoms with Crippen molar-refractivity contribution in [3.63, 3.8) is 0 Å². The molecule has 0 amide bonds. The van der Waals surface area contributed by atoms with Crippen LogP contribution in [0.5, 0.6) is 0 Å². The van der Waals surface area contributed by atoms with Crippen LogP contribution in [0.4, 0.5) is 4.39 Å². The summed E-state index contributed by atoms with van der Waals surface area (Å²) in [5, 5.41) is 14.7. The third-order valence-electron chi connectivity index (χ3n) is 4.65. The lowest BCUT2D eigenvalue weighted by Crippen LogP contribution is -2.58. The van der Waals surface area contributed by atoms with Gasteiger partial charge in [-0.1, -0.05) is 32.8 Å². The van der Waals surface area contributed by atoms with E-state index in [4.69, 9.17) is 0 Å². The van der Waals surface area contributed by atoms with E-state index in [9.17, 15) is 9.50 Å². The summed E-state index contributed by atoms with van der Waals surface area (Å²) in [5.74, 6) is -0.102. The normalized spacial score (nSPS) is 31.6. The third-order valence-corrected chi connectivity index (χ3v) is 4.65. The van der Waals surface area contributed by atoms with E-state index in [0.717, 1.165) is 36.8 Å². The topological polar surface area (TPSA) is 32.3 Å². The van der Waals surface area contributed by atoms with Crippen LogP contribution < -0.4 is 5.32 Å². The van der Waals surface area contributed by atoms with Crippen LogP contribution in [0.15, 0.2) is 18.2 Å². The quantitative estimate of drug-likeness (QED) is 0.876. The second kappa shape index (κ2) is 5.63. The second-order valence-electron chi connectivity index (χ2n) is 6.27. The van der Waals surface area contributed by atoms with Crippen LogP contribution in [0.2, 0.25) is 0 Å². The minimum absolute atomic E-state index is 0. The molecule has 0 aliphatic heterocycles. The lowest BCUT2D eigenvalue weighted by Gasteiger charge is -2.51. The van der Waals surface area contributed by atoms with Crippen molar-refractivity contribution in [3.05, 3.63) is 35.1 Å². The van der Waals surface area contributed by atoms with Crippen LogP contribution in [0.25, 0.3) is 0 Å². The van der Waals surface area contributed by atoms with Gasteiger partial charge in [0.2, 0.25) is 0 Å². The van der Waals surface area contributed by atoms with Gasteiger partial charge in [-0.2, -0.15) is 0 Å². The van der Waals surface area contributed by atoms with Gasteiger partial charge in [0.1, 0.15) is 11.4 Å². The molecule has 3 atom stereocenters. The van der Waals surface area contributed by atoms with Gasteiger partial charge in [0.25, 0.3) is 0 Å². The highest BCUT2D eigenvalue weighted by molar-refractivity contribution is 5.85. The Labute approximate surface area is 126 Å². The first-order chi connectivity index (χ1) is 9.03. The SMILES string of the molecule is CC(C)NC1CCCCC2c3cc(F)ccc3[C@@]12O.Cl. The number of hydrogen-bond acceptors (Lipinski definition) is 2. The molecule has 0 saturated heterocycles. The summed E-state index contributed by atoms with van der Waals surface area (Å²) in [4.78, 5) is 0. The summed E-state index contributed by atoms with van der Waals surface area (Å²) in [6, 6.07) is 5.26. The predicted octanol–water partition coefficient (Wildman–Crippen LogP) is 3.47. The molecular weight excluding hydrogens is 277 g/mol. The largest absolute Gasteiger partial charge is 0.383 e. The van der Waals surface area contributed by atoms with Crippen molar-refractivity contribution in [3.8, 4) is 0 Å². The van der Waals surface area contributed by atoms with Crippen molar-refractivity contribution < 1.29 is 9.50 Å². The van der Waals surface area contributed by atoms with Gasteiger partial charge in [-0.25, -0.2) is 4.39 Å². The molecule has 1 fully saturated rings. The second-order valence-corrected chi connectivity index (χ2v) is 6.27. The molecule has 0 spiro atoms. The van der Waals surface area contributed by atoms with Gasteiger partial charge in [-0.3, -0.25) is 0 Å². The number of hydrogen-bond donors (Lipinski definition) is 2. The van der Waals surface area contributed by atoms with Crippen LogP contribution in [-0.4, -0.2) is 17.2 Å². The zero-order valence-electron chi connectivity index (χ0n) is 12.0. The predicted molar refractivity (Wildman–Crippen MR) is 80.8 cm³/mol. The molecule has 112 valence electrons. The number of fused-ring (bicyclic) bond motifs is 4. The molecule has 0 radical (unpaired) electrons. The van der Waals surface area contributed by atoms with E-state index in [1.165, 1.54) is 6.07 Å². The minimum Gasteiger partial charge on any atom is -0.383 e. The van der Waals surface area contributed by atoms with E-state index in [1.54, 1.807) is 12.1 Å². The monoisotopic (exact) mass is 299 g/mol. The molecule has 20 heavy (non-hydrogen) atoms. The molecule has 0 aromatic heterocycles. The maximum Gasteiger partial charge on any atom is 0.123 e. The Morgan fingerprint density at radius 2 is 2.00 bits per heavy atom. The fourth-order valence-electron chi connectivity index (χ4n) is 3.87. The third kappa shape index (κ3) is 2.26. The smallest absolute Gasteiger partial charge is 0.123 e. The van der Waals surface area contributed by atoms with Crippen LogP contribution in [0.3, 0.4) is 0 Å². The number of halogens is 2. The number of aliphatic hydroxyl groups is 1. The van der Waals surface area contributed by atoms with Gasteiger partial charge in [-0.05, 0) is 36.1 Å². The Morgan fingerprint density at radius 1 is 1.30 bits per heavy atom. The molecular formula is C16H23ClFNO. The molecule has 0 bridgehead atoms. The van der Waals surface area contributed by atoms with Crippen molar-refractivity contribution >= 4 is 12.4 Å². The van der Waals surface area contributed by atoms with Gasteiger partial charge >= 0.3 is 0 Å². The first kappa shape index (κ1) is 15.7. The average Bonchev–Trinajstić information content (AvgIpc) is 2.47. The molecule has 4 heteroatoms. The Bertz CT molecular complexity index is 493. The van der Waals surface area contributed by atoms with E-state index in [0.29, 0.717) is 6.04 Å². The Kier molecular flexibility index (Phi) is 4.43. The molecule has 2 nitrogen and oxygen atoms in total. The summed E-state index contributed by atoms with van der Waals surface area (Å²) < 4.78 is 13.4. The number of nitrogens with one attached hydrogen (secondary N) is 1. The standard InChI is InChI=1S/C16H22FNO.ClH/c1-10(2)18-15-6-4-3-5-13-12-9-11(17)7-8-14(12)16(13,15)19;/h7-10,13,15,18-19H,3-6H2,1-2H3;1H/t13?,15?,16-;/m1./s1. The van der Waals surface area contributed by atoms with Crippen molar-refractivity contribution in [1.82, 2.24) is 5.32 Å². The first-order valence-corrected chi connectivity index (χ1v) is 7.32. The summed E-state index contributed by atoms with van der Waals surface area (Å²) in [7, 11) is 0. The van der Waals surface area contributed by atoms with Crippen LogP contribution >= 0.6 is 12.4 Å². The van der Waals surface area contributed by atoms with Gasteiger partial charge in [0.05, 0.1) is 0 Å². The molecule has 2 N–H and O–H groups in total. The van der Waals surface area contributed by atoms with Gasteiger partial charge in [0, 0.05) is 18.0 Å². The maximum absolute atomic E-state index is 13.4. The van der Waals surface area contributed by atoms with E-state index in [-0.39, 0.29) is 30.2 Å². The van der Waals surface area contributed by atoms with E-state index in [1.807, 2.05) is 0 Å². The Balaban J connectivity index is 0.00000147. The van der Waals surface area contributed by atoms with Crippen LogP contribution in [0, 0.1) is 5.82 Å². The number of rotatable bonds is 2. The fraction of sp³-hybridized carbons (Fsp3) is 0.625. The zero-order chi connectivity index (χ0) is 13.6. The molecule has 2 aliphatic carbocycles. The molecule has 2 unspecified atom stereocenters. The summed E-state index contributed by atoms with van der Waals surface area (Å²) in [5.41, 5.74) is 1.14.